The number of piperidine rings is 1. The number of hydrogen-bond donors (Lipinski definition) is 3. The number of carbonyl (C=O) groups is 1. The molecule has 1 heterocycles. The number of nitrogens with one attached hydrogen (secondary N) is 1. The van der Waals surface area contributed by atoms with Crippen LogP contribution >= 0.6 is 0 Å². The van der Waals surface area contributed by atoms with Crippen LogP contribution in [0.2, 0.25) is 0 Å². The largest absolute Gasteiger partial charge is 0.504 e. The Hall–Kier alpha value is -3.04. The van der Waals surface area contributed by atoms with Gasteiger partial charge in [-0.15, -0.1) is 0 Å². The van der Waals surface area contributed by atoms with Gasteiger partial charge < -0.3 is 20.4 Å². The van der Waals surface area contributed by atoms with E-state index in [0.717, 1.165) is 63.7 Å². The van der Waals surface area contributed by atoms with Gasteiger partial charge in [0.2, 0.25) is 0 Å². The first-order chi connectivity index (χ1) is 16.0. The maximum absolute atomic E-state index is 12.5. The number of para-hydroxylation sites is 1. The molecule has 2 aromatic carbocycles. The van der Waals surface area contributed by atoms with Gasteiger partial charge in [0, 0.05) is 17.2 Å². The Morgan fingerprint density at radius 3 is 2.36 bits per heavy atom. The van der Waals surface area contributed by atoms with Gasteiger partial charge in [0.1, 0.15) is 0 Å². The topological polar surface area (TPSA) is 96.6 Å². The quantitative estimate of drug-likeness (QED) is 0.566. The second-order valence-electron chi connectivity index (χ2n) is 9.50. The minimum Gasteiger partial charge on any atom is -0.504 e. The normalized spacial score (nSPS) is 21.9. The van der Waals surface area contributed by atoms with Crippen molar-refractivity contribution in [2.24, 2.45) is 5.92 Å². The molecule has 0 spiro atoms. The number of phenols is 2. The van der Waals surface area contributed by atoms with E-state index in [0.29, 0.717) is 23.0 Å². The van der Waals surface area contributed by atoms with E-state index >= 15 is 0 Å². The molecular weight excluding hydrogens is 414 g/mol. The van der Waals surface area contributed by atoms with Crippen molar-refractivity contribution < 1.29 is 15.0 Å². The number of phenolic OH excluding ortho intramolecular Hbond substituents is 2. The number of benzene rings is 2. The van der Waals surface area contributed by atoms with E-state index in [1.807, 2.05) is 6.07 Å². The van der Waals surface area contributed by atoms with Crippen LogP contribution < -0.4 is 5.32 Å². The van der Waals surface area contributed by atoms with Crippen LogP contribution in [-0.4, -0.2) is 46.7 Å². The molecule has 1 aliphatic carbocycles. The number of aromatic hydroxyl groups is 2. The van der Waals surface area contributed by atoms with Crippen LogP contribution in [0.15, 0.2) is 42.5 Å². The molecule has 2 fully saturated rings. The van der Waals surface area contributed by atoms with Crippen LogP contribution in [0.1, 0.15) is 72.3 Å². The molecule has 4 rings (SSSR count). The van der Waals surface area contributed by atoms with Crippen LogP contribution in [0, 0.1) is 17.2 Å². The van der Waals surface area contributed by atoms with Gasteiger partial charge in [0.25, 0.3) is 5.91 Å². The Morgan fingerprint density at radius 2 is 1.70 bits per heavy atom. The molecule has 6 nitrogen and oxygen atoms in total. The Kier molecular flexibility index (Phi) is 7.51. The Bertz CT molecular complexity index is 983. The summed E-state index contributed by atoms with van der Waals surface area (Å²) < 4.78 is 0. The summed E-state index contributed by atoms with van der Waals surface area (Å²) in [7, 11) is 0. The third-order valence-corrected chi connectivity index (χ3v) is 7.39. The van der Waals surface area contributed by atoms with Crippen LogP contribution in [0.3, 0.4) is 0 Å². The Labute approximate surface area is 195 Å². The monoisotopic (exact) mass is 447 g/mol. The summed E-state index contributed by atoms with van der Waals surface area (Å²) >= 11 is 0. The van der Waals surface area contributed by atoms with Crippen molar-refractivity contribution in [3.8, 4) is 17.6 Å². The number of hydrogen-bond acceptors (Lipinski definition) is 5. The van der Waals surface area contributed by atoms with Crippen molar-refractivity contribution in [3.05, 3.63) is 59.2 Å². The van der Waals surface area contributed by atoms with Gasteiger partial charge in [-0.25, -0.2) is 0 Å². The standard InChI is InChI=1S/C27H33N3O3/c28-18-20-4-8-22(9-5-20)27(33)29-23-10-6-19(7-11-23)12-15-30-16-13-21(14-17-30)24-2-1-3-25(31)26(24)32/h1-5,8-9,19,21,23,31-32H,6-7,10-17H2,(H,29,33). The van der Waals surface area contributed by atoms with E-state index in [4.69, 9.17) is 5.26 Å². The highest BCUT2D eigenvalue weighted by Gasteiger charge is 2.26. The molecule has 3 N–H and O–H groups in total. The molecule has 0 unspecified atom stereocenters. The summed E-state index contributed by atoms with van der Waals surface area (Å²) in [6.07, 6.45) is 7.53. The summed E-state index contributed by atoms with van der Waals surface area (Å²) in [4.78, 5) is 15.0. The average molecular weight is 448 g/mol. The average Bonchev–Trinajstić information content (AvgIpc) is 2.86. The number of amides is 1. The highest BCUT2D eigenvalue weighted by molar-refractivity contribution is 5.94. The van der Waals surface area contributed by atoms with E-state index < -0.39 is 0 Å². The predicted octanol–water partition coefficient (Wildman–Crippen LogP) is 4.53. The predicted molar refractivity (Wildman–Crippen MR) is 127 cm³/mol. The van der Waals surface area contributed by atoms with E-state index in [-0.39, 0.29) is 23.4 Å². The highest BCUT2D eigenvalue weighted by Crippen LogP contribution is 2.38. The molecule has 0 aromatic heterocycles. The number of carbonyl (C=O) groups excluding carboxylic acids is 1. The van der Waals surface area contributed by atoms with Crippen molar-refractivity contribution in [1.82, 2.24) is 10.2 Å². The van der Waals surface area contributed by atoms with E-state index in [9.17, 15) is 15.0 Å². The van der Waals surface area contributed by atoms with Gasteiger partial charge in [-0.3, -0.25) is 4.79 Å². The fourth-order valence-corrected chi connectivity index (χ4v) is 5.27. The molecule has 1 amide bonds. The first-order valence-corrected chi connectivity index (χ1v) is 12.1. The fourth-order valence-electron chi connectivity index (χ4n) is 5.27. The molecule has 0 bridgehead atoms. The van der Waals surface area contributed by atoms with Crippen LogP contribution in [0.25, 0.3) is 0 Å². The van der Waals surface area contributed by atoms with Gasteiger partial charge in [0.15, 0.2) is 11.5 Å². The molecule has 1 saturated heterocycles. The van der Waals surface area contributed by atoms with Crippen molar-refractivity contribution in [3.63, 3.8) is 0 Å². The lowest BCUT2D eigenvalue weighted by Crippen LogP contribution is -2.38. The zero-order valence-electron chi connectivity index (χ0n) is 19.0. The van der Waals surface area contributed by atoms with Crippen molar-refractivity contribution in [1.29, 1.82) is 5.26 Å². The molecule has 33 heavy (non-hydrogen) atoms. The molecule has 6 heteroatoms. The maximum atomic E-state index is 12.5. The molecule has 0 radical (unpaired) electrons. The second-order valence-corrected chi connectivity index (χ2v) is 9.50. The lowest BCUT2D eigenvalue weighted by molar-refractivity contribution is 0.0919. The summed E-state index contributed by atoms with van der Waals surface area (Å²) in [6.45, 7) is 3.15. The summed E-state index contributed by atoms with van der Waals surface area (Å²) in [5.74, 6) is 0.977. The summed E-state index contributed by atoms with van der Waals surface area (Å²) in [6, 6.07) is 14.4. The first kappa shape index (κ1) is 23.1. The third-order valence-electron chi connectivity index (χ3n) is 7.39. The minimum atomic E-state index is -0.0522. The summed E-state index contributed by atoms with van der Waals surface area (Å²) in [5, 5.41) is 32.0. The Morgan fingerprint density at radius 1 is 1.00 bits per heavy atom. The zero-order valence-corrected chi connectivity index (χ0v) is 19.0. The molecule has 174 valence electrons. The van der Waals surface area contributed by atoms with Crippen LogP contribution in [-0.2, 0) is 0 Å². The Balaban J connectivity index is 1.15. The molecule has 0 atom stereocenters. The van der Waals surface area contributed by atoms with Crippen molar-refractivity contribution in [2.75, 3.05) is 19.6 Å². The number of nitriles is 1. The zero-order chi connectivity index (χ0) is 23.2. The SMILES string of the molecule is N#Cc1ccc(C(=O)NC2CCC(CCN3CCC(c4cccc(O)c4O)CC3)CC2)cc1. The lowest BCUT2D eigenvalue weighted by atomic mass is 9.83. The molecule has 1 aliphatic heterocycles. The minimum absolute atomic E-state index is 0.0291. The second kappa shape index (κ2) is 10.7. The molecule has 2 aromatic rings. The van der Waals surface area contributed by atoms with Crippen molar-refractivity contribution in [2.45, 2.75) is 56.9 Å². The summed E-state index contributed by atoms with van der Waals surface area (Å²) in [5.41, 5.74) is 2.04. The molecule has 2 aliphatic rings. The van der Waals surface area contributed by atoms with Crippen molar-refractivity contribution >= 4 is 5.91 Å². The highest BCUT2D eigenvalue weighted by atomic mass is 16.3. The van der Waals surface area contributed by atoms with E-state index in [1.54, 1.807) is 30.3 Å². The van der Waals surface area contributed by atoms with Gasteiger partial charge in [-0.05, 0) is 107 Å². The number of rotatable bonds is 6. The number of likely N-dealkylation sites (tertiary alicyclic amines) is 1. The van der Waals surface area contributed by atoms with E-state index in [1.165, 1.54) is 12.5 Å². The maximum Gasteiger partial charge on any atom is 0.251 e. The van der Waals surface area contributed by atoms with Gasteiger partial charge in [-0.2, -0.15) is 5.26 Å². The van der Waals surface area contributed by atoms with E-state index in [2.05, 4.69) is 16.3 Å². The fraction of sp³-hybridized carbons (Fsp3) is 0.481. The van der Waals surface area contributed by atoms with Crippen LogP contribution in [0.5, 0.6) is 11.5 Å². The van der Waals surface area contributed by atoms with Crippen LogP contribution in [0.4, 0.5) is 0 Å². The van der Waals surface area contributed by atoms with Gasteiger partial charge in [-0.1, -0.05) is 12.1 Å². The molecule has 1 saturated carbocycles. The lowest BCUT2D eigenvalue weighted by Gasteiger charge is -2.34. The van der Waals surface area contributed by atoms with Gasteiger partial charge in [0.05, 0.1) is 11.6 Å². The third kappa shape index (κ3) is 5.85. The first-order valence-electron chi connectivity index (χ1n) is 12.1. The smallest absolute Gasteiger partial charge is 0.251 e. The van der Waals surface area contributed by atoms with Gasteiger partial charge >= 0.3 is 0 Å². The molecular formula is C27H33N3O3. The number of nitrogens with zero attached hydrogens (tertiary/aromatic N) is 2.